The molecule has 4 heteroatoms. The van der Waals surface area contributed by atoms with E-state index in [4.69, 9.17) is 0 Å². The van der Waals surface area contributed by atoms with Crippen LogP contribution in [0.1, 0.15) is 0 Å². The molecule has 16 valence electrons. The van der Waals surface area contributed by atoms with Crippen LogP contribution in [-0.4, -0.2) is 63.5 Å². The van der Waals surface area contributed by atoms with E-state index < -0.39 is 0 Å². The topological polar surface area (TPSA) is 0 Å². The van der Waals surface area contributed by atoms with E-state index in [2.05, 4.69) is 0 Å². The molecule has 0 fully saturated rings. The molecule has 0 atom stereocenters. The van der Waals surface area contributed by atoms with Crippen molar-refractivity contribution in [2.75, 3.05) is 0 Å². The Hall–Kier alpha value is 2.69. The molecule has 0 saturated heterocycles. The number of hydrogen-bond acceptors (Lipinski definition) is 0. The van der Waals surface area contributed by atoms with Gasteiger partial charge in [-0.1, -0.05) is 0 Å². The Morgan fingerprint density at radius 1 is 0.750 bits per heavy atom. The average Bonchev–Trinajstić information content (AvgIpc) is 0. The van der Waals surface area contributed by atoms with Crippen molar-refractivity contribution in [1.29, 1.82) is 0 Å². The molecule has 0 radical (unpaired) electrons. The second-order valence-electron chi connectivity index (χ2n) is 0. The molecule has 0 aliphatic carbocycles. The van der Waals surface area contributed by atoms with E-state index in [0.29, 0.717) is 0 Å². The molecule has 4 heavy (non-hydrogen) atoms. The van der Waals surface area contributed by atoms with Crippen LogP contribution in [0.25, 0.3) is 0 Å². The van der Waals surface area contributed by atoms with Gasteiger partial charge in [0.1, 0.15) is 0 Å². The van der Waals surface area contributed by atoms with Gasteiger partial charge in [0.25, 0.3) is 0 Å². The first-order valence-electron chi connectivity index (χ1n) is 0. The summed E-state index contributed by atoms with van der Waals surface area (Å²) in [5.74, 6) is 0. The van der Waals surface area contributed by atoms with Gasteiger partial charge in [0.05, 0.1) is 0 Å². The molecular formula is H7AlMg2Zn. The van der Waals surface area contributed by atoms with E-state index >= 15 is 0 Å². The normalized spacial score (nSPS) is 0. The minimum absolute atomic E-state index is 0. The molecule has 0 nitrogen and oxygen atoms in total. The molecule has 0 amide bonds. The van der Waals surface area contributed by atoms with Gasteiger partial charge in [-0.3, -0.25) is 0 Å². The Balaban J connectivity index is 0. The third kappa shape index (κ3) is 8.82. The molecule has 0 N–H and O–H groups in total. The standard InChI is InChI=1S/Al.2Mg.Zn.7H. The van der Waals surface area contributed by atoms with Gasteiger partial charge in [-0.25, -0.2) is 0 Å². The van der Waals surface area contributed by atoms with Crippen LogP contribution >= 0.6 is 0 Å². The summed E-state index contributed by atoms with van der Waals surface area (Å²) in [6, 6.07) is 0. The van der Waals surface area contributed by atoms with Crippen molar-refractivity contribution in [2.45, 2.75) is 0 Å². The Labute approximate surface area is 81.7 Å². The SMILES string of the molecule is [AlH3].[MgH2].[MgH2].[Zn]. The molecule has 0 saturated carbocycles. The molecule has 0 aromatic carbocycles. The van der Waals surface area contributed by atoms with Gasteiger partial charge in [0.15, 0.2) is 17.4 Å². The average molecular weight is 148 g/mol. The van der Waals surface area contributed by atoms with Crippen LogP contribution in [0, 0.1) is 0 Å². The first-order valence-corrected chi connectivity index (χ1v) is 0. The Morgan fingerprint density at radius 3 is 0.750 bits per heavy atom. The smallest absolute Gasteiger partial charge is 0 e. The summed E-state index contributed by atoms with van der Waals surface area (Å²) < 4.78 is 0. The zero-order valence-corrected chi connectivity index (χ0v) is 3.67. The summed E-state index contributed by atoms with van der Waals surface area (Å²) in [6.07, 6.45) is 0. The van der Waals surface area contributed by atoms with E-state index in [1.807, 2.05) is 0 Å². The van der Waals surface area contributed by atoms with Crippen molar-refractivity contribution >= 4 is 63.5 Å². The van der Waals surface area contributed by atoms with Crippen LogP contribution < -0.4 is 0 Å². The van der Waals surface area contributed by atoms with Gasteiger partial charge >= 0.3 is 46.1 Å². The minimum atomic E-state index is 0. The predicted molar refractivity (Wildman–Crippen MR) is 27.0 cm³/mol. The number of hydrogen-bond donors (Lipinski definition) is 0. The third-order valence-corrected chi connectivity index (χ3v) is 0. The Bertz CT molecular complexity index is 6.00. The predicted octanol–water partition coefficient (Wildman–Crippen LogP) is -3.02. The van der Waals surface area contributed by atoms with Crippen LogP contribution in [0.3, 0.4) is 0 Å². The van der Waals surface area contributed by atoms with Crippen molar-refractivity contribution in [2.24, 2.45) is 0 Å². The molecule has 0 heterocycles. The molecule has 0 aliphatic rings. The van der Waals surface area contributed by atoms with Crippen LogP contribution in [0.4, 0.5) is 0 Å². The van der Waals surface area contributed by atoms with Crippen LogP contribution in [0.2, 0.25) is 0 Å². The van der Waals surface area contributed by atoms with Gasteiger partial charge in [-0.05, 0) is 0 Å². The maximum atomic E-state index is 0. The largest absolute Gasteiger partial charge is 0.316 e. The van der Waals surface area contributed by atoms with E-state index in [1.165, 1.54) is 0 Å². The van der Waals surface area contributed by atoms with Crippen LogP contribution in [-0.2, 0) is 19.5 Å². The Kier molecular flexibility index (Phi) is 130. The van der Waals surface area contributed by atoms with Crippen LogP contribution in [0.15, 0.2) is 0 Å². The van der Waals surface area contributed by atoms with Gasteiger partial charge < -0.3 is 0 Å². The molecule has 0 rings (SSSR count). The molecule has 0 aromatic heterocycles. The van der Waals surface area contributed by atoms with Gasteiger partial charge in [0, 0.05) is 19.5 Å². The summed E-state index contributed by atoms with van der Waals surface area (Å²) in [5, 5.41) is 0. The summed E-state index contributed by atoms with van der Waals surface area (Å²) >= 11 is 0. The molecule has 0 bridgehead atoms. The maximum Gasteiger partial charge on any atom is 0.316 e. The molecule has 0 aliphatic heterocycles. The first-order chi connectivity index (χ1) is 0. The molecular weight excluding hydrogens is 141 g/mol. The minimum Gasteiger partial charge on any atom is 0 e. The summed E-state index contributed by atoms with van der Waals surface area (Å²) in [5.41, 5.74) is 0. The summed E-state index contributed by atoms with van der Waals surface area (Å²) in [7, 11) is 0. The zero-order valence-electron chi connectivity index (χ0n) is 0.707. The van der Waals surface area contributed by atoms with E-state index in [0.717, 1.165) is 0 Å². The van der Waals surface area contributed by atoms with Crippen molar-refractivity contribution in [3.05, 3.63) is 0 Å². The van der Waals surface area contributed by atoms with E-state index in [9.17, 15) is 0 Å². The van der Waals surface area contributed by atoms with Crippen molar-refractivity contribution < 1.29 is 19.5 Å². The van der Waals surface area contributed by atoms with Gasteiger partial charge in [-0.15, -0.1) is 0 Å². The zero-order chi connectivity index (χ0) is 0. The van der Waals surface area contributed by atoms with Crippen LogP contribution in [0.5, 0.6) is 0 Å². The monoisotopic (exact) mass is 146 g/mol. The van der Waals surface area contributed by atoms with Gasteiger partial charge in [-0.2, -0.15) is 0 Å². The number of rotatable bonds is 0. The molecule has 0 unspecified atom stereocenters. The van der Waals surface area contributed by atoms with Crippen molar-refractivity contribution in [3.8, 4) is 0 Å². The fraction of sp³-hybridized carbons (Fsp3) is 0. The fourth-order valence-electron chi connectivity index (χ4n) is 0. The maximum absolute atomic E-state index is 0. The first kappa shape index (κ1) is 29.9. The second kappa shape index (κ2) is 17.3. The van der Waals surface area contributed by atoms with Crippen molar-refractivity contribution in [1.82, 2.24) is 0 Å². The van der Waals surface area contributed by atoms with E-state index in [1.54, 1.807) is 0 Å². The quantitative estimate of drug-likeness (QED) is 0.321. The van der Waals surface area contributed by atoms with Gasteiger partial charge in [0.2, 0.25) is 0 Å². The second-order valence-corrected chi connectivity index (χ2v) is 0. The summed E-state index contributed by atoms with van der Waals surface area (Å²) in [4.78, 5) is 0. The van der Waals surface area contributed by atoms with E-state index in [-0.39, 0.29) is 82.9 Å². The summed E-state index contributed by atoms with van der Waals surface area (Å²) in [6.45, 7) is 0. The molecule has 0 spiro atoms. The molecule has 0 aromatic rings. The van der Waals surface area contributed by atoms with Crippen molar-refractivity contribution in [3.63, 3.8) is 0 Å². The Morgan fingerprint density at radius 2 is 0.750 bits per heavy atom. The third-order valence-electron chi connectivity index (χ3n) is 0. The fourth-order valence-corrected chi connectivity index (χ4v) is 0.